The Balaban J connectivity index is 1.09. The zero-order valence-corrected chi connectivity index (χ0v) is 21.3. The molecule has 1 saturated carbocycles. The van der Waals surface area contributed by atoms with E-state index in [1.165, 1.54) is 18.9 Å². The van der Waals surface area contributed by atoms with Crippen LogP contribution in [0.2, 0.25) is 5.02 Å². The first-order valence-corrected chi connectivity index (χ1v) is 13.4. The summed E-state index contributed by atoms with van der Waals surface area (Å²) in [5.74, 6) is 0.712. The number of fused-ring (bicyclic) bond motifs is 1. The Morgan fingerprint density at radius 2 is 2.03 bits per heavy atom. The SMILES string of the molecule is C=CC(=O)N1CCC2(CC1)CN([C@H]1CCC[C@@H](Nc3ncc(Cl)c(-c4c[nH]c5ccccc45)n3)C1)C2. The molecule has 2 atom stereocenters. The molecule has 1 spiro atoms. The zero-order valence-electron chi connectivity index (χ0n) is 20.5. The molecule has 2 aromatic heterocycles. The summed E-state index contributed by atoms with van der Waals surface area (Å²) in [6, 6.07) is 9.13. The van der Waals surface area contributed by atoms with Gasteiger partial charge in [-0.25, -0.2) is 9.97 Å². The molecule has 4 heterocycles. The number of aromatic nitrogens is 3. The highest BCUT2D eigenvalue weighted by Gasteiger charge is 2.47. The second-order valence-electron chi connectivity index (χ2n) is 10.7. The van der Waals surface area contributed by atoms with Crippen molar-refractivity contribution in [3.63, 3.8) is 0 Å². The number of rotatable bonds is 5. The number of amides is 1. The number of halogens is 1. The number of H-pyrrole nitrogens is 1. The van der Waals surface area contributed by atoms with Crippen molar-refractivity contribution in [2.75, 3.05) is 31.5 Å². The van der Waals surface area contributed by atoms with Crippen molar-refractivity contribution >= 4 is 34.4 Å². The average Bonchev–Trinajstić information content (AvgIpc) is 3.32. The van der Waals surface area contributed by atoms with Gasteiger partial charge in [-0.2, -0.15) is 0 Å². The van der Waals surface area contributed by atoms with E-state index < -0.39 is 0 Å². The van der Waals surface area contributed by atoms with Crippen LogP contribution in [0, 0.1) is 5.41 Å². The van der Waals surface area contributed by atoms with E-state index in [-0.39, 0.29) is 5.91 Å². The van der Waals surface area contributed by atoms with Crippen LogP contribution in [0.15, 0.2) is 49.3 Å². The van der Waals surface area contributed by atoms with Crippen molar-refractivity contribution in [1.82, 2.24) is 24.8 Å². The van der Waals surface area contributed by atoms with Crippen LogP contribution in [0.25, 0.3) is 22.2 Å². The predicted molar refractivity (Wildman–Crippen MR) is 144 cm³/mol. The molecule has 0 unspecified atom stereocenters. The molecule has 3 aliphatic rings. The second kappa shape index (κ2) is 9.52. The predicted octanol–water partition coefficient (Wildman–Crippen LogP) is 5.11. The van der Waals surface area contributed by atoms with Gasteiger partial charge >= 0.3 is 0 Å². The zero-order chi connectivity index (χ0) is 24.7. The molecule has 6 rings (SSSR count). The summed E-state index contributed by atoms with van der Waals surface area (Å²) in [5.41, 5.74) is 3.21. The van der Waals surface area contributed by atoms with Crippen LogP contribution < -0.4 is 5.32 Å². The lowest BCUT2D eigenvalue weighted by Gasteiger charge is -2.57. The normalized spacial score (nSPS) is 24.0. The number of hydrogen-bond acceptors (Lipinski definition) is 5. The van der Waals surface area contributed by atoms with E-state index in [2.05, 4.69) is 38.9 Å². The van der Waals surface area contributed by atoms with Gasteiger partial charge in [-0.1, -0.05) is 36.4 Å². The van der Waals surface area contributed by atoms with Crippen LogP contribution in [0.5, 0.6) is 0 Å². The maximum atomic E-state index is 11.9. The first kappa shape index (κ1) is 23.5. The van der Waals surface area contributed by atoms with Crippen LogP contribution in [0.4, 0.5) is 5.95 Å². The van der Waals surface area contributed by atoms with Crippen LogP contribution in [-0.2, 0) is 4.79 Å². The Bertz CT molecular complexity index is 1270. The average molecular weight is 505 g/mol. The third kappa shape index (κ3) is 4.39. The van der Waals surface area contributed by atoms with Crippen molar-refractivity contribution in [1.29, 1.82) is 0 Å². The minimum atomic E-state index is 0.0690. The maximum absolute atomic E-state index is 11.9. The largest absolute Gasteiger partial charge is 0.360 e. The molecule has 3 fully saturated rings. The molecule has 1 amide bonds. The molecule has 2 N–H and O–H groups in total. The highest BCUT2D eigenvalue weighted by Crippen LogP contribution is 2.43. The summed E-state index contributed by atoms with van der Waals surface area (Å²) in [6.07, 6.45) is 12.0. The van der Waals surface area contributed by atoms with Crippen molar-refractivity contribution < 1.29 is 4.79 Å². The van der Waals surface area contributed by atoms with E-state index in [9.17, 15) is 4.79 Å². The van der Waals surface area contributed by atoms with Gasteiger partial charge < -0.3 is 15.2 Å². The fraction of sp³-hybridized carbons (Fsp3) is 0.464. The van der Waals surface area contributed by atoms with Gasteiger partial charge in [-0.15, -0.1) is 0 Å². The monoisotopic (exact) mass is 504 g/mol. The number of carbonyl (C=O) groups excluding carboxylic acids is 1. The summed E-state index contributed by atoms with van der Waals surface area (Å²) in [6.45, 7) is 7.66. The molecular weight excluding hydrogens is 472 g/mol. The Hall–Kier alpha value is -2.90. The number of hydrogen-bond donors (Lipinski definition) is 2. The van der Waals surface area contributed by atoms with Gasteiger partial charge in [0.25, 0.3) is 0 Å². The summed E-state index contributed by atoms with van der Waals surface area (Å²) in [5, 5.41) is 5.27. The van der Waals surface area contributed by atoms with Crippen molar-refractivity contribution in [3.8, 4) is 11.3 Å². The van der Waals surface area contributed by atoms with Gasteiger partial charge in [0, 0.05) is 60.9 Å². The number of nitrogens with zero attached hydrogens (tertiary/aromatic N) is 4. The lowest BCUT2D eigenvalue weighted by Crippen LogP contribution is -2.64. The molecule has 2 aliphatic heterocycles. The highest BCUT2D eigenvalue weighted by molar-refractivity contribution is 6.33. The fourth-order valence-corrected chi connectivity index (χ4v) is 6.62. The van der Waals surface area contributed by atoms with Gasteiger partial charge in [0.1, 0.15) is 0 Å². The summed E-state index contributed by atoms with van der Waals surface area (Å²) in [7, 11) is 0. The topological polar surface area (TPSA) is 77.2 Å². The van der Waals surface area contributed by atoms with E-state index in [0.717, 1.165) is 74.0 Å². The summed E-state index contributed by atoms with van der Waals surface area (Å²) in [4.78, 5) is 29.2. The van der Waals surface area contributed by atoms with Gasteiger partial charge in [0.05, 0.1) is 16.9 Å². The van der Waals surface area contributed by atoms with Crippen molar-refractivity contribution in [2.45, 2.75) is 50.6 Å². The Kier molecular flexibility index (Phi) is 6.21. The minimum absolute atomic E-state index is 0.0690. The molecule has 2 saturated heterocycles. The Morgan fingerprint density at radius 1 is 1.22 bits per heavy atom. The lowest BCUT2D eigenvalue weighted by atomic mass is 9.70. The molecule has 36 heavy (non-hydrogen) atoms. The molecule has 3 aromatic rings. The minimum Gasteiger partial charge on any atom is -0.360 e. The van der Waals surface area contributed by atoms with E-state index in [0.29, 0.717) is 28.5 Å². The van der Waals surface area contributed by atoms with Gasteiger partial charge in [0.2, 0.25) is 11.9 Å². The van der Waals surface area contributed by atoms with Crippen LogP contribution >= 0.6 is 11.6 Å². The number of nitrogens with one attached hydrogen (secondary N) is 2. The maximum Gasteiger partial charge on any atom is 0.245 e. The summed E-state index contributed by atoms with van der Waals surface area (Å²) >= 11 is 6.53. The Labute approximate surface area is 216 Å². The number of piperidine rings is 1. The van der Waals surface area contributed by atoms with Gasteiger partial charge in [-0.05, 0) is 56.1 Å². The van der Waals surface area contributed by atoms with Crippen LogP contribution in [-0.4, -0.2) is 68.9 Å². The number of benzene rings is 1. The second-order valence-corrected chi connectivity index (χ2v) is 11.1. The summed E-state index contributed by atoms with van der Waals surface area (Å²) < 4.78 is 0. The molecule has 0 bridgehead atoms. The van der Waals surface area contributed by atoms with Gasteiger partial charge in [-0.3, -0.25) is 9.69 Å². The van der Waals surface area contributed by atoms with Crippen molar-refractivity contribution in [3.05, 3.63) is 54.3 Å². The molecule has 1 aliphatic carbocycles. The molecule has 188 valence electrons. The fourth-order valence-electron chi connectivity index (χ4n) is 6.42. The number of anilines is 1. The smallest absolute Gasteiger partial charge is 0.245 e. The number of aromatic amines is 1. The van der Waals surface area contributed by atoms with Crippen LogP contribution in [0.1, 0.15) is 38.5 Å². The first-order valence-electron chi connectivity index (χ1n) is 13.0. The van der Waals surface area contributed by atoms with E-state index in [1.54, 1.807) is 6.20 Å². The van der Waals surface area contributed by atoms with E-state index >= 15 is 0 Å². The van der Waals surface area contributed by atoms with E-state index in [4.69, 9.17) is 16.6 Å². The molecular formula is C28H33ClN6O. The molecule has 0 radical (unpaired) electrons. The third-order valence-corrected chi connectivity index (χ3v) is 8.75. The lowest BCUT2D eigenvalue weighted by molar-refractivity contribution is -0.132. The van der Waals surface area contributed by atoms with Crippen molar-refractivity contribution in [2.24, 2.45) is 5.41 Å². The standard InChI is InChI=1S/C28H33ClN6O/c1-2-25(36)34-12-10-28(11-13-34)17-35(18-28)20-7-5-6-19(14-20)32-27-31-16-23(29)26(33-27)22-15-30-24-9-4-3-8-21(22)24/h2-4,8-9,15-16,19-20,30H,1,5-7,10-14,17-18H2,(H,31,32,33)/t19-,20+/m1/s1. The highest BCUT2D eigenvalue weighted by atomic mass is 35.5. The number of para-hydroxylation sites is 1. The third-order valence-electron chi connectivity index (χ3n) is 8.47. The quantitative estimate of drug-likeness (QED) is 0.472. The van der Waals surface area contributed by atoms with Crippen LogP contribution in [0.3, 0.4) is 0 Å². The van der Waals surface area contributed by atoms with E-state index in [1.807, 2.05) is 23.2 Å². The first-order chi connectivity index (χ1) is 17.5. The molecule has 7 nitrogen and oxygen atoms in total. The van der Waals surface area contributed by atoms with Gasteiger partial charge in [0.15, 0.2) is 0 Å². The molecule has 8 heteroatoms. The number of likely N-dealkylation sites (tertiary alicyclic amines) is 2. The number of carbonyl (C=O) groups is 1. The molecule has 1 aromatic carbocycles. The Morgan fingerprint density at radius 3 is 2.83 bits per heavy atom.